The van der Waals surface area contributed by atoms with Gasteiger partial charge in [0.15, 0.2) is 0 Å². The Morgan fingerprint density at radius 3 is 1.96 bits per heavy atom. The molecule has 4 aromatic heterocycles. The minimum atomic E-state index is 0.607. The van der Waals surface area contributed by atoms with Crippen LogP contribution in [0.2, 0.25) is 0 Å². The number of aromatic nitrogens is 4. The Morgan fingerprint density at radius 2 is 1.07 bits per heavy atom. The summed E-state index contributed by atoms with van der Waals surface area (Å²) in [5.74, 6) is 0.607. The maximum Gasteiger partial charge on any atom is 0.235 e. The Bertz CT molecular complexity index is 3810. The number of hydrogen-bond acceptors (Lipinski definition) is 3. The van der Waals surface area contributed by atoms with Crippen LogP contribution in [0.25, 0.3) is 121 Å². The van der Waals surface area contributed by atoms with E-state index in [-0.39, 0.29) is 0 Å². The van der Waals surface area contributed by atoms with Gasteiger partial charge in [-0.25, -0.2) is 9.97 Å². The van der Waals surface area contributed by atoms with Gasteiger partial charge in [-0.2, -0.15) is 0 Å². The normalized spacial score (nSPS) is 12.2. The molecule has 5 heteroatoms. The van der Waals surface area contributed by atoms with Crippen LogP contribution in [-0.4, -0.2) is 19.1 Å². The maximum atomic E-state index is 6.82. The molecule has 4 heterocycles. The third kappa shape index (κ3) is 4.23. The average molecular weight is 727 g/mol. The molecule has 0 bridgehead atoms. The Morgan fingerprint density at radius 1 is 0.404 bits per heavy atom. The molecule has 0 radical (unpaired) electrons. The molecule has 264 valence electrons. The molecular weight excluding hydrogens is 697 g/mol. The number of rotatable bonds is 3. The summed E-state index contributed by atoms with van der Waals surface area (Å²) in [6.45, 7) is 0. The molecule has 0 aliphatic heterocycles. The first-order chi connectivity index (χ1) is 28.3. The zero-order valence-corrected chi connectivity index (χ0v) is 30.5. The predicted octanol–water partition coefficient (Wildman–Crippen LogP) is 13.7. The van der Waals surface area contributed by atoms with Gasteiger partial charge in [0.25, 0.3) is 0 Å². The third-order valence-corrected chi connectivity index (χ3v) is 11.9. The van der Waals surface area contributed by atoms with Gasteiger partial charge in [0, 0.05) is 49.0 Å². The van der Waals surface area contributed by atoms with Gasteiger partial charge in [-0.15, -0.1) is 0 Å². The minimum Gasteiger partial charge on any atom is -0.455 e. The van der Waals surface area contributed by atoms with Crippen molar-refractivity contribution in [2.24, 2.45) is 0 Å². The fourth-order valence-electron chi connectivity index (χ4n) is 9.37. The molecule has 0 spiro atoms. The molecule has 0 unspecified atom stereocenters. The lowest BCUT2D eigenvalue weighted by molar-refractivity contribution is 0.673. The highest BCUT2D eigenvalue weighted by Gasteiger charge is 2.26. The number of hydrogen-bond donors (Lipinski definition) is 0. The molecule has 0 atom stereocenters. The van der Waals surface area contributed by atoms with E-state index >= 15 is 0 Å². The highest BCUT2D eigenvalue weighted by atomic mass is 16.3. The molecule has 0 aliphatic carbocycles. The summed E-state index contributed by atoms with van der Waals surface area (Å²) in [7, 11) is 0. The molecule has 13 rings (SSSR count). The number of para-hydroxylation sites is 2. The van der Waals surface area contributed by atoms with Gasteiger partial charge in [0.2, 0.25) is 5.95 Å². The van der Waals surface area contributed by atoms with E-state index in [0.29, 0.717) is 5.95 Å². The summed E-state index contributed by atoms with van der Waals surface area (Å²) in [5.41, 5.74) is 9.90. The van der Waals surface area contributed by atoms with Gasteiger partial charge >= 0.3 is 0 Å². The van der Waals surface area contributed by atoms with E-state index in [0.717, 1.165) is 98.8 Å². The molecule has 0 aliphatic rings. The zero-order valence-electron chi connectivity index (χ0n) is 30.5. The lowest BCUT2D eigenvalue weighted by Gasteiger charge is -2.15. The molecule has 0 saturated carbocycles. The number of furan rings is 1. The number of nitrogens with zero attached hydrogens (tertiary/aromatic N) is 4. The van der Waals surface area contributed by atoms with Crippen LogP contribution in [-0.2, 0) is 0 Å². The Kier molecular flexibility index (Phi) is 6.10. The quantitative estimate of drug-likeness (QED) is 0.170. The fourth-order valence-corrected chi connectivity index (χ4v) is 9.37. The van der Waals surface area contributed by atoms with Crippen LogP contribution >= 0.6 is 0 Å². The van der Waals surface area contributed by atoms with E-state index < -0.39 is 0 Å². The zero-order chi connectivity index (χ0) is 37.2. The van der Waals surface area contributed by atoms with Crippen LogP contribution in [0.15, 0.2) is 186 Å². The van der Waals surface area contributed by atoms with Crippen molar-refractivity contribution in [2.75, 3.05) is 0 Å². The third-order valence-electron chi connectivity index (χ3n) is 11.9. The lowest BCUT2D eigenvalue weighted by atomic mass is 10.0. The van der Waals surface area contributed by atoms with Gasteiger partial charge in [-0.3, -0.25) is 4.57 Å². The predicted molar refractivity (Wildman–Crippen MR) is 236 cm³/mol. The highest BCUT2D eigenvalue weighted by Crippen LogP contribution is 2.45. The summed E-state index contributed by atoms with van der Waals surface area (Å²) < 4.78 is 11.5. The number of fused-ring (bicyclic) bond motifs is 15. The smallest absolute Gasteiger partial charge is 0.235 e. The monoisotopic (exact) mass is 726 g/mol. The fraction of sp³-hybridized carbons (Fsp3) is 0. The van der Waals surface area contributed by atoms with Crippen molar-refractivity contribution in [2.45, 2.75) is 0 Å². The molecule has 0 N–H and O–H groups in total. The van der Waals surface area contributed by atoms with E-state index in [1.807, 2.05) is 6.07 Å². The van der Waals surface area contributed by atoms with Crippen molar-refractivity contribution in [3.05, 3.63) is 182 Å². The van der Waals surface area contributed by atoms with E-state index in [1.54, 1.807) is 0 Å². The van der Waals surface area contributed by atoms with Crippen molar-refractivity contribution in [1.82, 2.24) is 19.1 Å². The Hall–Kier alpha value is -7.76. The summed E-state index contributed by atoms with van der Waals surface area (Å²) in [6.07, 6.45) is 0. The van der Waals surface area contributed by atoms with E-state index in [9.17, 15) is 0 Å². The summed E-state index contributed by atoms with van der Waals surface area (Å²) in [5, 5.41) is 12.3. The first-order valence-corrected chi connectivity index (χ1v) is 19.3. The van der Waals surface area contributed by atoms with E-state index in [1.165, 1.54) is 16.2 Å². The van der Waals surface area contributed by atoms with Crippen LogP contribution in [0.1, 0.15) is 0 Å². The first kappa shape index (κ1) is 30.6. The topological polar surface area (TPSA) is 48.8 Å². The van der Waals surface area contributed by atoms with Crippen LogP contribution in [0, 0.1) is 0 Å². The van der Waals surface area contributed by atoms with Crippen LogP contribution in [0.4, 0.5) is 0 Å². The second kappa shape index (κ2) is 11.4. The van der Waals surface area contributed by atoms with Gasteiger partial charge in [0.1, 0.15) is 11.2 Å². The standard InChI is InChI=1S/C52H30N4O/c1-2-14-33(15-3-1)47-42-25-23-32-13-6-7-17-36(32)48(42)54-52(53-47)56-44-29-28-40-38-19-9-11-21-45(38)57-51(40)46(44)41-27-26-39-37-18-8-10-20-43(37)55(49(39)50(41)56)35-24-22-31-12-4-5-16-34(31)30-35/h1-30H. The van der Waals surface area contributed by atoms with Crippen LogP contribution in [0.3, 0.4) is 0 Å². The highest BCUT2D eigenvalue weighted by molar-refractivity contribution is 6.29. The van der Waals surface area contributed by atoms with Gasteiger partial charge in [-0.1, -0.05) is 140 Å². The average Bonchev–Trinajstić information content (AvgIpc) is 3.94. The number of benzene rings is 9. The van der Waals surface area contributed by atoms with Gasteiger partial charge < -0.3 is 8.98 Å². The van der Waals surface area contributed by atoms with Crippen molar-refractivity contribution in [3.63, 3.8) is 0 Å². The second-order valence-electron chi connectivity index (χ2n) is 14.9. The molecule has 0 saturated heterocycles. The largest absolute Gasteiger partial charge is 0.455 e. The van der Waals surface area contributed by atoms with Crippen molar-refractivity contribution in [3.8, 4) is 22.9 Å². The molecule has 57 heavy (non-hydrogen) atoms. The minimum absolute atomic E-state index is 0.607. The van der Waals surface area contributed by atoms with Gasteiger partial charge in [0.05, 0.1) is 38.7 Å². The van der Waals surface area contributed by atoms with Crippen LogP contribution < -0.4 is 0 Å². The maximum absolute atomic E-state index is 6.82. The second-order valence-corrected chi connectivity index (χ2v) is 14.9. The summed E-state index contributed by atoms with van der Waals surface area (Å²) in [4.78, 5) is 11.1. The Labute approximate surface area is 325 Å². The van der Waals surface area contributed by atoms with Crippen molar-refractivity contribution in [1.29, 1.82) is 0 Å². The SMILES string of the molecule is c1ccc(-c2nc(-n3c4ccc5c6ccccc6oc5c4c4ccc5c6ccccc6n(-c6ccc7ccccc7c6)c5c43)nc3c2ccc2ccccc23)cc1. The van der Waals surface area contributed by atoms with E-state index in [2.05, 4.69) is 185 Å². The van der Waals surface area contributed by atoms with Gasteiger partial charge in [-0.05, 0) is 58.6 Å². The lowest BCUT2D eigenvalue weighted by Crippen LogP contribution is -2.05. The van der Waals surface area contributed by atoms with Crippen molar-refractivity contribution >= 4 is 98.0 Å². The van der Waals surface area contributed by atoms with Crippen molar-refractivity contribution < 1.29 is 4.42 Å². The summed E-state index contributed by atoms with van der Waals surface area (Å²) in [6, 6.07) is 64.7. The molecule has 0 amide bonds. The van der Waals surface area contributed by atoms with E-state index in [4.69, 9.17) is 14.4 Å². The van der Waals surface area contributed by atoms with Crippen LogP contribution in [0.5, 0.6) is 0 Å². The molecule has 0 fully saturated rings. The summed E-state index contributed by atoms with van der Waals surface area (Å²) >= 11 is 0. The molecule has 13 aromatic rings. The first-order valence-electron chi connectivity index (χ1n) is 19.3. The molecule has 9 aromatic carbocycles. The Balaban J connectivity index is 1.27. The molecular formula is C52H30N4O. The molecule has 5 nitrogen and oxygen atoms in total.